The predicted molar refractivity (Wildman–Crippen MR) is 108 cm³/mol. The summed E-state index contributed by atoms with van der Waals surface area (Å²) in [5.74, 6) is 0.881. The average molecular weight is 417 g/mol. The number of anilines is 1. The maximum Gasteiger partial charge on any atom is 0.124 e. The van der Waals surface area contributed by atoms with Gasteiger partial charge in [-0.2, -0.15) is 0 Å². The molecule has 0 atom stereocenters. The van der Waals surface area contributed by atoms with Gasteiger partial charge in [0, 0.05) is 27.3 Å². The Morgan fingerprint density at radius 2 is 1.80 bits per heavy atom. The fourth-order valence-electron chi connectivity index (χ4n) is 2.56. The second-order valence-corrected chi connectivity index (χ2v) is 7.24. The van der Waals surface area contributed by atoms with Crippen LogP contribution in [0.5, 0.6) is 5.75 Å². The van der Waals surface area contributed by atoms with E-state index in [-0.39, 0.29) is 0 Å². The summed E-state index contributed by atoms with van der Waals surface area (Å²) in [6, 6.07) is 22.1. The maximum atomic E-state index is 6.06. The molecule has 25 heavy (non-hydrogen) atoms. The molecule has 3 aromatic carbocycles. The second-order valence-electron chi connectivity index (χ2n) is 5.89. The number of benzene rings is 3. The molecule has 0 saturated heterocycles. The minimum Gasteiger partial charge on any atom is -0.489 e. The first-order valence-electron chi connectivity index (χ1n) is 8.06. The van der Waals surface area contributed by atoms with E-state index in [1.54, 1.807) is 0 Å². The van der Waals surface area contributed by atoms with Crippen LogP contribution in [0.3, 0.4) is 0 Å². The van der Waals surface area contributed by atoms with Crippen LogP contribution in [0.15, 0.2) is 71.2 Å². The summed E-state index contributed by atoms with van der Waals surface area (Å²) in [6.45, 7) is 3.31. The highest BCUT2D eigenvalue weighted by Crippen LogP contribution is 2.25. The van der Waals surface area contributed by atoms with Crippen LogP contribution in [-0.4, -0.2) is 0 Å². The Hall–Kier alpha value is -1.97. The molecule has 0 radical (unpaired) electrons. The zero-order valence-corrected chi connectivity index (χ0v) is 16.3. The Bertz CT molecular complexity index is 849. The van der Waals surface area contributed by atoms with Crippen LogP contribution < -0.4 is 10.1 Å². The first-order valence-corrected chi connectivity index (χ1v) is 9.23. The van der Waals surface area contributed by atoms with E-state index in [1.165, 1.54) is 11.1 Å². The molecule has 3 aromatic rings. The van der Waals surface area contributed by atoms with Crippen molar-refractivity contribution >= 4 is 33.2 Å². The molecule has 0 heterocycles. The molecule has 128 valence electrons. The summed E-state index contributed by atoms with van der Waals surface area (Å²) in [7, 11) is 0. The van der Waals surface area contributed by atoms with Crippen molar-refractivity contribution in [2.24, 2.45) is 0 Å². The highest BCUT2D eigenvalue weighted by Gasteiger charge is 2.06. The Morgan fingerprint density at radius 1 is 1.00 bits per heavy atom. The van der Waals surface area contributed by atoms with Crippen molar-refractivity contribution in [3.8, 4) is 5.75 Å². The van der Waals surface area contributed by atoms with Crippen molar-refractivity contribution in [3.63, 3.8) is 0 Å². The van der Waals surface area contributed by atoms with Crippen molar-refractivity contribution in [1.29, 1.82) is 0 Å². The summed E-state index contributed by atoms with van der Waals surface area (Å²) < 4.78 is 7.09. The van der Waals surface area contributed by atoms with Gasteiger partial charge in [-0.25, -0.2) is 0 Å². The molecule has 0 aliphatic rings. The third-order valence-corrected chi connectivity index (χ3v) is 4.57. The maximum absolute atomic E-state index is 6.06. The first-order chi connectivity index (χ1) is 12.1. The van der Waals surface area contributed by atoms with E-state index in [2.05, 4.69) is 58.5 Å². The first kappa shape index (κ1) is 17.8. The van der Waals surface area contributed by atoms with Crippen molar-refractivity contribution in [2.45, 2.75) is 20.1 Å². The lowest BCUT2D eigenvalue weighted by atomic mass is 10.1. The third-order valence-electron chi connectivity index (χ3n) is 3.83. The number of nitrogens with one attached hydrogen (secondary N) is 1. The molecular weight excluding hydrogens is 398 g/mol. The van der Waals surface area contributed by atoms with Gasteiger partial charge < -0.3 is 10.1 Å². The minimum absolute atomic E-state index is 0.553. The minimum atomic E-state index is 0.553. The van der Waals surface area contributed by atoms with Gasteiger partial charge in [-0.05, 0) is 55.0 Å². The van der Waals surface area contributed by atoms with Crippen molar-refractivity contribution < 1.29 is 4.74 Å². The zero-order valence-electron chi connectivity index (χ0n) is 13.9. The molecule has 0 saturated carbocycles. The quantitative estimate of drug-likeness (QED) is 0.488. The SMILES string of the molecule is Cc1cccc(COc2ccc(Br)cc2CNc2ccc(Cl)cc2)c1. The smallest absolute Gasteiger partial charge is 0.124 e. The van der Waals surface area contributed by atoms with Gasteiger partial charge in [0.2, 0.25) is 0 Å². The summed E-state index contributed by atoms with van der Waals surface area (Å²) in [5.41, 5.74) is 4.52. The molecule has 0 spiro atoms. The molecule has 0 bridgehead atoms. The molecule has 0 aromatic heterocycles. The van der Waals surface area contributed by atoms with Crippen molar-refractivity contribution in [3.05, 3.63) is 92.9 Å². The fourth-order valence-corrected chi connectivity index (χ4v) is 3.09. The molecule has 0 aliphatic carbocycles. The van der Waals surface area contributed by atoms with Crippen LogP contribution in [0.4, 0.5) is 5.69 Å². The molecule has 0 unspecified atom stereocenters. The number of hydrogen-bond acceptors (Lipinski definition) is 2. The van der Waals surface area contributed by atoms with Gasteiger partial charge in [0.25, 0.3) is 0 Å². The van der Waals surface area contributed by atoms with Gasteiger partial charge in [-0.15, -0.1) is 0 Å². The van der Waals surface area contributed by atoms with Crippen LogP contribution in [0.1, 0.15) is 16.7 Å². The largest absolute Gasteiger partial charge is 0.489 e. The molecule has 0 amide bonds. The normalized spacial score (nSPS) is 10.5. The van der Waals surface area contributed by atoms with E-state index in [9.17, 15) is 0 Å². The van der Waals surface area contributed by atoms with Gasteiger partial charge in [-0.1, -0.05) is 57.4 Å². The molecular formula is C21H19BrClNO. The average Bonchev–Trinajstić information content (AvgIpc) is 2.60. The Labute approximate surface area is 161 Å². The molecule has 0 fully saturated rings. The van der Waals surface area contributed by atoms with Crippen LogP contribution in [0, 0.1) is 6.92 Å². The van der Waals surface area contributed by atoms with E-state index < -0.39 is 0 Å². The molecule has 0 aliphatic heterocycles. The van der Waals surface area contributed by atoms with Crippen molar-refractivity contribution in [1.82, 2.24) is 0 Å². The molecule has 1 N–H and O–H groups in total. The van der Waals surface area contributed by atoms with E-state index >= 15 is 0 Å². The van der Waals surface area contributed by atoms with Gasteiger partial charge in [0.1, 0.15) is 12.4 Å². The van der Waals surface area contributed by atoms with Crippen LogP contribution in [0.2, 0.25) is 5.02 Å². The van der Waals surface area contributed by atoms with Crippen LogP contribution in [-0.2, 0) is 13.2 Å². The van der Waals surface area contributed by atoms with Gasteiger partial charge in [0.05, 0.1) is 0 Å². The van der Waals surface area contributed by atoms with Gasteiger partial charge in [-0.3, -0.25) is 0 Å². The van der Waals surface area contributed by atoms with Gasteiger partial charge in [0.15, 0.2) is 0 Å². The topological polar surface area (TPSA) is 21.3 Å². The highest BCUT2D eigenvalue weighted by molar-refractivity contribution is 9.10. The van der Waals surface area contributed by atoms with Crippen LogP contribution >= 0.6 is 27.5 Å². The summed E-state index contributed by atoms with van der Waals surface area (Å²) in [4.78, 5) is 0. The van der Waals surface area contributed by atoms with Gasteiger partial charge >= 0.3 is 0 Å². The third kappa shape index (κ3) is 5.25. The summed E-state index contributed by atoms with van der Waals surface area (Å²) in [6.07, 6.45) is 0. The number of halogens is 2. The van der Waals surface area contributed by atoms with E-state index in [4.69, 9.17) is 16.3 Å². The lowest BCUT2D eigenvalue weighted by Crippen LogP contribution is -2.04. The fraction of sp³-hybridized carbons (Fsp3) is 0.143. The summed E-state index contributed by atoms with van der Waals surface area (Å²) in [5, 5.41) is 4.14. The number of aryl methyl sites for hydroxylation is 1. The lowest BCUT2D eigenvalue weighted by molar-refractivity contribution is 0.303. The second kappa shape index (κ2) is 8.41. The lowest BCUT2D eigenvalue weighted by Gasteiger charge is -2.14. The number of hydrogen-bond donors (Lipinski definition) is 1. The standard InChI is InChI=1S/C21H19BrClNO/c1-15-3-2-4-16(11-15)14-25-21-10-5-18(22)12-17(21)13-24-20-8-6-19(23)7-9-20/h2-12,24H,13-14H2,1H3. The number of rotatable bonds is 6. The molecule has 2 nitrogen and oxygen atoms in total. The Kier molecular flexibility index (Phi) is 6.00. The van der Waals surface area contributed by atoms with E-state index in [0.717, 1.165) is 26.5 Å². The monoisotopic (exact) mass is 415 g/mol. The number of ether oxygens (including phenoxy) is 1. The summed E-state index contributed by atoms with van der Waals surface area (Å²) >= 11 is 9.47. The Balaban J connectivity index is 1.70. The highest BCUT2D eigenvalue weighted by atomic mass is 79.9. The van der Waals surface area contributed by atoms with Crippen LogP contribution in [0.25, 0.3) is 0 Å². The Morgan fingerprint density at radius 3 is 2.56 bits per heavy atom. The zero-order chi connectivity index (χ0) is 17.6. The molecule has 4 heteroatoms. The van der Waals surface area contributed by atoms with E-state index in [1.807, 2.05) is 36.4 Å². The van der Waals surface area contributed by atoms with E-state index in [0.29, 0.717) is 13.2 Å². The molecule has 3 rings (SSSR count). The van der Waals surface area contributed by atoms with Crippen molar-refractivity contribution in [2.75, 3.05) is 5.32 Å². The predicted octanol–water partition coefficient (Wildman–Crippen LogP) is 6.60.